The third-order valence-corrected chi connectivity index (χ3v) is 4.87. The van der Waals surface area contributed by atoms with Crippen molar-refractivity contribution in [2.75, 3.05) is 0 Å². The van der Waals surface area contributed by atoms with Gasteiger partial charge in [-0.15, -0.1) is 11.8 Å². The second kappa shape index (κ2) is 9.08. The highest BCUT2D eigenvalue weighted by Crippen LogP contribution is 2.32. The van der Waals surface area contributed by atoms with Crippen molar-refractivity contribution in [3.8, 4) is 0 Å². The molecule has 0 heterocycles. The van der Waals surface area contributed by atoms with Crippen LogP contribution in [0.25, 0.3) is 0 Å². The lowest BCUT2D eigenvalue weighted by Crippen LogP contribution is -1.96. The molecule has 5 nitrogen and oxygen atoms in total. The van der Waals surface area contributed by atoms with Crippen LogP contribution in [0.4, 0.5) is 5.69 Å². The summed E-state index contributed by atoms with van der Waals surface area (Å²) in [5.74, 6) is 0. The number of benzene rings is 2. The lowest BCUT2D eigenvalue weighted by atomic mass is 10.2. The van der Waals surface area contributed by atoms with Crippen LogP contribution >= 0.6 is 35.0 Å². The number of halogens is 2. The number of nitro groups is 1. The van der Waals surface area contributed by atoms with Gasteiger partial charge < -0.3 is 4.84 Å². The van der Waals surface area contributed by atoms with Crippen LogP contribution in [0, 0.1) is 10.1 Å². The first kappa shape index (κ1) is 19.6. The molecule has 0 bridgehead atoms. The number of thioether (sulfide) groups is 1. The average Bonchev–Trinajstić information content (AvgIpc) is 2.54. The van der Waals surface area contributed by atoms with E-state index in [0.29, 0.717) is 26.1 Å². The van der Waals surface area contributed by atoms with Crippen LogP contribution in [0.2, 0.25) is 10.0 Å². The number of nitrogens with zero attached hydrogens (tertiary/aromatic N) is 2. The summed E-state index contributed by atoms with van der Waals surface area (Å²) in [5, 5.41) is 16.3. The minimum absolute atomic E-state index is 0.0526. The molecule has 0 aliphatic heterocycles. The van der Waals surface area contributed by atoms with Gasteiger partial charge in [-0.2, -0.15) is 0 Å². The molecule has 0 aliphatic rings. The highest BCUT2D eigenvalue weighted by molar-refractivity contribution is 8.00. The van der Waals surface area contributed by atoms with Crippen LogP contribution in [-0.4, -0.2) is 16.4 Å². The van der Waals surface area contributed by atoms with Gasteiger partial charge in [0.2, 0.25) is 0 Å². The Kier molecular flexibility index (Phi) is 7.11. The van der Waals surface area contributed by atoms with Crippen molar-refractivity contribution in [3.63, 3.8) is 0 Å². The maximum atomic E-state index is 11.2. The zero-order valence-electron chi connectivity index (χ0n) is 13.6. The molecule has 0 fully saturated rings. The van der Waals surface area contributed by atoms with Gasteiger partial charge in [0.05, 0.1) is 16.0 Å². The molecule has 0 amide bonds. The Balaban J connectivity index is 2.08. The summed E-state index contributed by atoms with van der Waals surface area (Å²) in [5.41, 5.74) is 1.26. The smallest absolute Gasteiger partial charge is 0.283 e. The van der Waals surface area contributed by atoms with Gasteiger partial charge in [0, 0.05) is 32.5 Å². The lowest BCUT2D eigenvalue weighted by molar-refractivity contribution is -0.387. The Morgan fingerprint density at radius 3 is 2.56 bits per heavy atom. The molecule has 0 unspecified atom stereocenters. The molecule has 0 spiro atoms. The molecule has 25 heavy (non-hydrogen) atoms. The number of hydrogen-bond donors (Lipinski definition) is 0. The molecular weight excluding hydrogens is 383 g/mol. The summed E-state index contributed by atoms with van der Waals surface area (Å²) in [6.45, 7) is 4.08. The fourth-order valence-corrected chi connectivity index (χ4v) is 3.40. The summed E-state index contributed by atoms with van der Waals surface area (Å²) < 4.78 is 0. The van der Waals surface area contributed by atoms with Crippen LogP contribution < -0.4 is 0 Å². The van der Waals surface area contributed by atoms with Gasteiger partial charge in [0.15, 0.2) is 0 Å². The zero-order valence-corrected chi connectivity index (χ0v) is 15.9. The highest BCUT2D eigenvalue weighted by atomic mass is 35.5. The van der Waals surface area contributed by atoms with Gasteiger partial charge in [-0.05, 0) is 18.2 Å². The average molecular weight is 399 g/mol. The van der Waals surface area contributed by atoms with E-state index in [-0.39, 0.29) is 17.5 Å². The van der Waals surface area contributed by atoms with E-state index in [4.69, 9.17) is 28.0 Å². The van der Waals surface area contributed by atoms with Gasteiger partial charge in [-0.3, -0.25) is 10.1 Å². The van der Waals surface area contributed by atoms with E-state index in [0.717, 1.165) is 0 Å². The van der Waals surface area contributed by atoms with Gasteiger partial charge in [-0.25, -0.2) is 0 Å². The van der Waals surface area contributed by atoms with E-state index in [1.165, 1.54) is 24.0 Å². The van der Waals surface area contributed by atoms with E-state index in [9.17, 15) is 10.1 Å². The molecule has 8 heteroatoms. The van der Waals surface area contributed by atoms with Crippen molar-refractivity contribution < 1.29 is 9.76 Å². The Morgan fingerprint density at radius 1 is 1.28 bits per heavy atom. The normalized spacial score (nSPS) is 11.2. The van der Waals surface area contributed by atoms with Crippen molar-refractivity contribution >= 4 is 46.9 Å². The first-order chi connectivity index (χ1) is 11.9. The minimum atomic E-state index is -0.396. The molecule has 0 aromatic heterocycles. The number of oxime groups is 1. The first-order valence-electron chi connectivity index (χ1n) is 7.41. The Morgan fingerprint density at radius 2 is 1.96 bits per heavy atom. The van der Waals surface area contributed by atoms with E-state index in [1.807, 2.05) is 13.8 Å². The second-order valence-corrected chi connectivity index (χ2v) is 7.79. The quantitative estimate of drug-likeness (QED) is 0.250. The van der Waals surface area contributed by atoms with E-state index in [1.54, 1.807) is 30.3 Å². The number of rotatable bonds is 7. The summed E-state index contributed by atoms with van der Waals surface area (Å²) in [4.78, 5) is 16.7. The molecule has 0 saturated carbocycles. The lowest BCUT2D eigenvalue weighted by Gasteiger charge is -2.06. The van der Waals surface area contributed by atoms with Crippen molar-refractivity contribution in [2.24, 2.45) is 5.16 Å². The molecule has 0 atom stereocenters. The van der Waals surface area contributed by atoms with Crippen molar-refractivity contribution in [1.29, 1.82) is 0 Å². The molecule has 2 rings (SSSR count). The second-order valence-electron chi connectivity index (χ2n) is 5.36. The molecule has 0 saturated heterocycles. The molecule has 0 N–H and O–H groups in total. The fourth-order valence-electron chi connectivity index (χ4n) is 1.98. The van der Waals surface area contributed by atoms with Crippen LogP contribution in [0.3, 0.4) is 0 Å². The maximum Gasteiger partial charge on any atom is 0.283 e. The summed E-state index contributed by atoms with van der Waals surface area (Å²) in [6, 6.07) is 10.1. The third kappa shape index (κ3) is 5.63. The maximum absolute atomic E-state index is 11.2. The Bertz CT molecular complexity index is 777. The van der Waals surface area contributed by atoms with Crippen LogP contribution in [-0.2, 0) is 11.4 Å². The third-order valence-electron chi connectivity index (χ3n) is 3.09. The predicted molar refractivity (Wildman–Crippen MR) is 103 cm³/mol. The molecule has 0 radical (unpaired) electrons. The van der Waals surface area contributed by atoms with Crippen LogP contribution in [0.5, 0.6) is 0 Å². The topological polar surface area (TPSA) is 64.7 Å². The molecule has 2 aromatic carbocycles. The summed E-state index contributed by atoms with van der Waals surface area (Å²) >= 11 is 13.5. The van der Waals surface area contributed by atoms with E-state index in [2.05, 4.69) is 5.16 Å². The Labute approximate surface area is 160 Å². The fraction of sp³-hybridized carbons (Fsp3) is 0.235. The monoisotopic (exact) mass is 398 g/mol. The number of hydrogen-bond acceptors (Lipinski definition) is 5. The van der Waals surface area contributed by atoms with Crippen molar-refractivity contribution in [3.05, 3.63) is 67.7 Å². The molecule has 2 aromatic rings. The van der Waals surface area contributed by atoms with Gasteiger partial charge >= 0.3 is 0 Å². The molecule has 132 valence electrons. The standard InChI is InChI=1S/C17H16Cl2N2O3S/c1-11(2)25-17-7-6-12(8-16(17)21(22)23)9-20-24-10-13-14(18)4-3-5-15(13)19/h3-9,11H,10H2,1-2H3/b20-9+. The predicted octanol–water partition coefficient (Wildman–Crippen LogP) is 5.95. The SMILES string of the molecule is CC(C)Sc1ccc(/C=N/OCc2c(Cl)cccc2Cl)cc1[N+](=O)[O-]. The zero-order chi connectivity index (χ0) is 18.4. The van der Waals surface area contributed by atoms with E-state index < -0.39 is 4.92 Å². The van der Waals surface area contributed by atoms with Gasteiger partial charge in [-0.1, -0.05) is 54.3 Å². The van der Waals surface area contributed by atoms with Crippen LogP contribution in [0.1, 0.15) is 25.0 Å². The minimum Gasteiger partial charge on any atom is -0.391 e. The van der Waals surface area contributed by atoms with E-state index >= 15 is 0 Å². The molecular formula is C17H16Cl2N2O3S. The van der Waals surface area contributed by atoms with Gasteiger partial charge in [0.25, 0.3) is 5.69 Å². The van der Waals surface area contributed by atoms with Gasteiger partial charge in [0.1, 0.15) is 6.61 Å². The number of nitro benzene ring substituents is 1. The largest absolute Gasteiger partial charge is 0.391 e. The van der Waals surface area contributed by atoms with Crippen molar-refractivity contribution in [2.45, 2.75) is 30.6 Å². The summed E-state index contributed by atoms with van der Waals surface area (Å²) in [6.07, 6.45) is 1.42. The Hall–Kier alpha value is -1.76. The first-order valence-corrected chi connectivity index (χ1v) is 9.05. The molecule has 0 aliphatic carbocycles. The van der Waals surface area contributed by atoms with Crippen LogP contribution in [0.15, 0.2) is 46.4 Å². The highest BCUT2D eigenvalue weighted by Gasteiger charge is 2.15. The van der Waals surface area contributed by atoms with Crippen molar-refractivity contribution in [1.82, 2.24) is 0 Å². The summed E-state index contributed by atoms with van der Waals surface area (Å²) in [7, 11) is 0.